The molecule has 9 heteroatoms. The third kappa shape index (κ3) is 7.52. The summed E-state index contributed by atoms with van der Waals surface area (Å²) in [5.74, 6) is 0.109. The number of benzene rings is 3. The van der Waals surface area contributed by atoms with Crippen molar-refractivity contribution in [3.63, 3.8) is 0 Å². The zero-order chi connectivity index (χ0) is 23.6. The molecule has 0 unspecified atom stereocenters. The average Bonchev–Trinajstić information content (AvgIpc) is 2.81. The summed E-state index contributed by atoms with van der Waals surface area (Å²) in [4.78, 5) is 25.4. The summed E-state index contributed by atoms with van der Waals surface area (Å²) in [6.45, 7) is 0.129. The van der Waals surface area contributed by atoms with Gasteiger partial charge in [-0.1, -0.05) is 40.2 Å². The SMILES string of the molecule is O=C(Nc1ccc(Br)cc1C(=O)N/N=C/c1cccc(F)c1)c1ccc(CSCCO)cc1. The van der Waals surface area contributed by atoms with Gasteiger partial charge in [0.2, 0.25) is 0 Å². The summed E-state index contributed by atoms with van der Waals surface area (Å²) in [6, 6.07) is 17.8. The molecule has 0 aliphatic carbocycles. The van der Waals surface area contributed by atoms with Gasteiger partial charge in [-0.05, 0) is 53.6 Å². The second kappa shape index (κ2) is 12.3. The molecule has 0 radical (unpaired) electrons. The van der Waals surface area contributed by atoms with E-state index < -0.39 is 11.7 Å². The van der Waals surface area contributed by atoms with Gasteiger partial charge in [-0.3, -0.25) is 9.59 Å². The average molecular weight is 530 g/mol. The van der Waals surface area contributed by atoms with Gasteiger partial charge >= 0.3 is 0 Å². The van der Waals surface area contributed by atoms with E-state index in [1.165, 1.54) is 18.3 Å². The fourth-order valence-corrected chi connectivity index (χ4v) is 3.89. The third-order valence-electron chi connectivity index (χ3n) is 4.42. The van der Waals surface area contributed by atoms with Gasteiger partial charge in [-0.25, -0.2) is 9.82 Å². The Morgan fingerprint density at radius 2 is 1.85 bits per heavy atom. The number of hydrogen-bond acceptors (Lipinski definition) is 5. The van der Waals surface area contributed by atoms with Gasteiger partial charge < -0.3 is 10.4 Å². The Morgan fingerprint density at radius 3 is 2.58 bits per heavy atom. The molecule has 0 saturated heterocycles. The fourth-order valence-electron chi connectivity index (χ4n) is 2.83. The lowest BCUT2D eigenvalue weighted by Crippen LogP contribution is -2.21. The molecule has 0 saturated carbocycles. The monoisotopic (exact) mass is 529 g/mol. The van der Waals surface area contributed by atoms with Crippen LogP contribution in [0.3, 0.4) is 0 Å². The lowest BCUT2D eigenvalue weighted by molar-refractivity contribution is 0.0956. The van der Waals surface area contributed by atoms with Crippen LogP contribution in [0.5, 0.6) is 0 Å². The van der Waals surface area contributed by atoms with Crippen LogP contribution in [-0.4, -0.2) is 35.5 Å². The van der Waals surface area contributed by atoms with Gasteiger partial charge in [0.15, 0.2) is 0 Å². The molecule has 0 bridgehead atoms. The number of carbonyl (C=O) groups is 2. The Bertz CT molecular complexity index is 1160. The largest absolute Gasteiger partial charge is 0.396 e. The first-order valence-electron chi connectivity index (χ1n) is 9.93. The smallest absolute Gasteiger partial charge is 0.273 e. The van der Waals surface area contributed by atoms with E-state index in [1.807, 2.05) is 12.1 Å². The highest BCUT2D eigenvalue weighted by Crippen LogP contribution is 2.22. The Labute approximate surface area is 203 Å². The topological polar surface area (TPSA) is 90.8 Å². The van der Waals surface area contributed by atoms with Gasteiger partial charge in [-0.2, -0.15) is 16.9 Å². The molecule has 0 spiro atoms. The van der Waals surface area contributed by atoms with Gasteiger partial charge in [0.25, 0.3) is 11.8 Å². The predicted octanol–water partition coefficient (Wildman–Crippen LogP) is 4.83. The number of nitrogens with one attached hydrogen (secondary N) is 2. The maximum atomic E-state index is 13.3. The number of rotatable bonds is 9. The van der Waals surface area contributed by atoms with E-state index in [1.54, 1.807) is 54.2 Å². The number of hydrazone groups is 1. The number of halogens is 2. The number of thioether (sulfide) groups is 1. The van der Waals surface area contributed by atoms with Crippen LogP contribution in [0, 0.1) is 5.82 Å². The minimum absolute atomic E-state index is 0.129. The number of aliphatic hydroxyl groups is 1. The van der Waals surface area contributed by atoms with E-state index in [-0.39, 0.29) is 18.1 Å². The van der Waals surface area contributed by atoms with E-state index in [2.05, 4.69) is 31.8 Å². The van der Waals surface area contributed by atoms with E-state index >= 15 is 0 Å². The van der Waals surface area contributed by atoms with Gasteiger partial charge in [0.1, 0.15) is 5.82 Å². The molecule has 3 N–H and O–H groups in total. The van der Waals surface area contributed by atoms with Crippen LogP contribution in [0.4, 0.5) is 10.1 Å². The lowest BCUT2D eigenvalue weighted by atomic mass is 10.1. The molecule has 0 atom stereocenters. The van der Waals surface area contributed by atoms with Crippen molar-refractivity contribution < 1.29 is 19.1 Å². The number of amides is 2. The minimum atomic E-state index is -0.532. The van der Waals surface area contributed by atoms with Crippen molar-refractivity contribution in [2.75, 3.05) is 17.7 Å². The van der Waals surface area contributed by atoms with Crippen molar-refractivity contribution in [2.24, 2.45) is 5.10 Å². The number of aliphatic hydroxyl groups excluding tert-OH is 1. The standard InChI is InChI=1S/C24H21BrFN3O3S/c25-19-8-9-22(28-23(31)18-6-4-16(5-7-18)15-33-11-10-30)21(13-19)24(32)29-27-14-17-2-1-3-20(26)12-17/h1-9,12-14,30H,10-11,15H2,(H,28,31)(H,29,32)/b27-14+. The number of hydrogen-bond donors (Lipinski definition) is 3. The molecule has 6 nitrogen and oxygen atoms in total. The van der Waals surface area contributed by atoms with Crippen molar-refractivity contribution >= 4 is 51.4 Å². The molecule has 33 heavy (non-hydrogen) atoms. The van der Waals surface area contributed by atoms with Gasteiger partial charge in [-0.15, -0.1) is 0 Å². The predicted molar refractivity (Wildman–Crippen MR) is 133 cm³/mol. The van der Waals surface area contributed by atoms with Crippen molar-refractivity contribution in [2.45, 2.75) is 5.75 Å². The highest BCUT2D eigenvalue weighted by atomic mass is 79.9. The zero-order valence-corrected chi connectivity index (χ0v) is 19.8. The van der Waals surface area contributed by atoms with Crippen LogP contribution in [0.2, 0.25) is 0 Å². The fraction of sp³-hybridized carbons (Fsp3) is 0.125. The van der Waals surface area contributed by atoms with E-state index in [4.69, 9.17) is 5.11 Å². The summed E-state index contributed by atoms with van der Waals surface area (Å²) in [5, 5.41) is 15.5. The maximum Gasteiger partial charge on any atom is 0.273 e. The quantitative estimate of drug-likeness (QED) is 0.210. The summed E-state index contributed by atoms with van der Waals surface area (Å²) < 4.78 is 13.9. The minimum Gasteiger partial charge on any atom is -0.396 e. The second-order valence-corrected chi connectivity index (χ2v) is 8.89. The molecule has 3 rings (SSSR count). The highest BCUT2D eigenvalue weighted by molar-refractivity contribution is 9.10. The molecule has 3 aromatic carbocycles. The molecule has 0 aliphatic rings. The molecular weight excluding hydrogens is 509 g/mol. The number of nitrogens with zero attached hydrogens (tertiary/aromatic N) is 1. The molecule has 0 heterocycles. The van der Waals surface area contributed by atoms with Crippen LogP contribution in [0.25, 0.3) is 0 Å². The Hall–Kier alpha value is -3.01. The molecular formula is C24H21BrFN3O3S. The summed E-state index contributed by atoms with van der Waals surface area (Å²) in [6.07, 6.45) is 1.33. The van der Waals surface area contributed by atoms with Crippen molar-refractivity contribution in [3.8, 4) is 0 Å². The first kappa shape index (κ1) is 24.6. The Kier molecular flexibility index (Phi) is 9.17. The number of carbonyl (C=O) groups excluding carboxylic acids is 2. The molecule has 0 aliphatic heterocycles. The van der Waals surface area contributed by atoms with E-state index in [0.29, 0.717) is 27.0 Å². The normalized spacial score (nSPS) is 10.9. The van der Waals surface area contributed by atoms with Gasteiger partial charge in [0, 0.05) is 21.5 Å². The zero-order valence-electron chi connectivity index (χ0n) is 17.4. The molecule has 2 amide bonds. The molecule has 3 aromatic rings. The third-order valence-corrected chi connectivity index (χ3v) is 5.93. The first-order chi connectivity index (χ1) is 16.0. The first-order valence-corrected chi connectivity index (χ1v) is 11.9. The molecule has 0 aromatic heterocycles. The summed E-state index contributed by atoms with van der Waals surface area (Å²) in [5.41, 5.74) is 4.92. The van der Waals surface area contributed by atoms with Crippen molar-refractivity contribution in [3.05, 3.63) is 99.3 Å². The van der Waals surface area contributed by atoms with E-state index in [9.17, 15) is 14.0 Å². The van der Waals surface area contributed by atoms with Crippen molar-refractivity contribution in [1.82, 2.24) is 5.43 Å². The summed E-state index contributed by atoms with van der Waals surface area (Å²) in [7, 11) is 0. The second-order valence-electron chi connectivity index (χ2n) is 6.87. The Morgan fingerprint density at radius 1 is 1.06 bits per heavy atom. The lowest BCUT2D eigenvalue weighted by Gasteiger charge is -2.11. The highest BCUT2D eigenvalue weighted by Gasteiger charge is 2.15. The molecule has 0 fully saturated rings. The van der Waals surface area contributed by atoms with Crippen LogP contribution >= 0.6 is 27.7 Å². The van der Waals surface area contributed by atoms with Crippen molar-refractivity contribution in [1.29, 1.82) is 0 Å². The maximum absolute atomic E-state index is 13.3. The van der Waals surface area contributed by atoms with Crippen LogP contribution in [0.15, 0.2) is 76.3 Å². The molecule has 170 valence electrons. The van der Waals surface area contributed by atoms with Crippen LogP contribution in [-0.2, 0) is 5.75 Å². The van der Waals surface area contributed by atoms with Crippen LogP contribution < -0.4 is 10.7 Å². The summed E-state index contributed by atoms with van der Waals surface area (Å²) >= 11 is 4.94. The Balaban J connectivity index is 1.68. The van der Waals surface area contributed by atoms with Crippen LogP contribution in [0.1, 0.15) is 31.8 Å². The van der Waals surface area contributed by atoms with E-state index in [0.717, 1.165) is 11.3 Å². The number of anilines is 1. The van der Waals surface area contributed by atoms with Gasteiger partial charge in [0.05, 0.1) is 24.1 Å².